The van der Waals surface area contributed by atoms with Gasteiger partial charge in [0.2, 0.25) is 0 Å². The monoisotopic (exact) mass is 421 g/mol. The van der Waals surface area contributed by atoms with Gasteiger partial charge in [-0.25, -0.2) is 0 Å². The number of nitrogens with zero attached hydrogens (tertiary/aromatic N) is 1. The van der Waals surface area contributed by atoms with E-state index in [4.69, 9.17) is 0 Å². The summed E-state index contributed by atoms with van der Waals surface area (Å²) >= 11 is 0.688. The summed E-state index contributed by atoms with van der Waals surface area (Å²) in [5, 5.41) is 4.96. The summed E-state index contributed by atoms with van der Waals surface area (Å²) in [7, 11) is 0. The molecular formula is C17H19ClF3N3O2S. The molecule has 0 radical (unpaired) electrons. The molecule has 0 bridgehead atoms. The standard InChI is InChI=1S/C17H18F3N3O2S.ClH/c1-9-7-23(8-10(2)21-9)13-4-3-12(17(18,19)20)5-11(13)6-14-15(24)22-16(25)26-14;/h3-6,9-10,21H,7-8H2,1-2H3,(H,22,24,25);1H/b14-6-;/t9-,10+;. The van der Waals surface area contributed by atoms with Crippen LogP contribution in [0.25, 0.3) is 6.08 Å². The maximum Gasteiger partial charge on any atom is 0.416 e. The highest BCUT2D eigenvalue weighted by Crippen LogP contribution is 2.36. The first-order valence-corrected chi connectivity index (χ1v) is 8.92. The normalized spacial score (nSPS) is 24.8. The van der Waals surface area contributed by atoms with Gasteiger partial charge >= 0.3 is 6.18 Å². The molecule has 0 spiro atoms. The third-order valence-corrected chi connectivity index (χ3v) is 4.99. The zero-order valence-electron chi connectivity index (χ0n) is 14.6. The summed E-state index contributed by atoms with van der Waals surface area (Å²) in [5.74, 6) is -0.592. The number of benzene rings is 1. The Hall–Kier alpha value is -1.71. The van der Waals surface area contributed by atoms with Gasteiger partial charge < -0.3 is 10.2 Å². The quantitative estimate of drug-likeness (QED) is 0.714. The number of piperazine rings is 1. The summed E-state index contributed by atoms with van der Waals surface area (Å²) in [5.41, 5.74) is 0.0889. The largest absolute Gasteiger partial charge is 0.416 e. The molecule has 10 heteroatoms. The topological polar surface area (TPSA) is 61.4 Å². The van der Waals surface area contributed by atoms with Crippen LogP contribution >= 0.6 is 24.2 Å². The Labute approximate surface area is 165 Å². The molecule has 27 heavy (non-hydrogen) atoms. The summed E-state index contributed by atoms with van der Waals surface area (Å²) in [4.78, 5) is 25.2. The molecule has 2 saturated heterocycles. The number of carbonyl (C=O) groups excluding carboxylic acids is 2. The lowest BCUT2D eigenvalue weighted by atomic mass is 10.0. The van der Waals surface area contributed by atoms with Gasteiger partial charge in [0.15, 0.2) is 0 Å². The van der Waals surface area contributed by atoms with Gasteiger partial charge in [0.05, 0.1) is 10.5 Å². The van der Waals surface area contributed by atoms with Crippen LogP contribution in [0.4, 0.5) is 23.7 Å². The summed E-state index contributed by atoms with van der Waals surface area (Å²) in [6.45, 7) is 5.27. The van der Waals surface area contributed by atoms with E-state index in [0.29, 0.717) is 30.5 Å². The maximum atomic E-state index is 13.1. The minimum absolute atomic E-state index is 0. The van der Waals surface area contributed by atoms with Crippen molar-refractivity contribution in [2.45, 2.75) is 32.1 Å². The smallest absolute Gasteiger partial charge is 0.368 e. The lowest BCUT2D eigenvalue weighted by Crippen LogP contribution is -2.54. The molecule has 0 saturated carbocycles. The van der Waals surface area contributed by atoms with Crippen LogP contribution in [0.2, 0.25) is 0 Å². The fourth-order valence-electron chi connectivity index (χ4n) is 3.22. The van der Waals surface area contributed by atoms with Gasteiger partial charge in [-0.3, -0.25) is 14.9 Å². The van der Waals surface area contributed by atoms with E-state index < -0.39 is 22.9 Å². The maximum absolute atomic E-state index is 13.1. The Morgan fingerprint density at radius 1 is 1.19 bits per heavy atom. The lowest BCUT2D eigenvalue weighted by molar-refractivity contribution is -0.137. The number of thioether (sulfide) groups is 1. The van der Waals surface area contributed by atoms with Crippen molar-refractivity contribution in [3.63, 3.8) is 0 Å². The van der Waals surface area contributed by atoms with E-state index in [1.165, 1.54) is 12.1 Å². The molecule has 3 rings (SSSR count). The number of hydrogen-bond donors (Lipinski definition) is 2. The number of imide groups is 1. The molecule has 0 unspecified atom stereocenters. The highest BCUT2D eigenvalue weighted by molar-refractivity contribution is 8.18. The SMILES string of the molecule is C[C@@H]1CN(c2ccc(C(F)(F)F)cc2/C=C2\SC(=O)NC2=O)C[C@H](C)N1.Cl. The number of alkyl halides is 3. The van der Waals surface area contributed by atoms with Crippen molar-refractivity contribution in [3.05, 3.63) is 34.2 Å². The van der Waals surface area contributed by atoms with Gasteiger partial charge in [0.1, 0.15) is 0 Å². The number of hydrogen-bond acceptors (Lipinski definition) is 5. The molecule has 148 valence electrons. The summed E-state index contributed by atoms with van der Waals surface area (Å²) in [6.07, 6.45) is -3.14. The fourth-order valence-corrected chi connectivity index (χ4v) is 3.89. The van der Waals surface area contributed by atoms with E-state index in [-0.39, 0.29) is 35.0 Å². The van der Waals surface area contributed by atoms with Crippen LogP contribution in [0.3, 0.4) is 0 Å². The van der Waals surface area contributed by atoms with E-state index in [0.717, 1.165) is 12.1 Å². The van der Waals surface area contributed by atoms with Crippen LogP contribution in [-0.2, 0) is 11.0 Å². The van der Waals surface area contributed by atoms with Crippen LogP contribution in [-0.4, -0.2) is 36.3 Å². The minimum Gasteiger partial charge on any atom is -0.368 e. The van der Waals surface area contributed by atoms with Gasteiger partial charge in [0, 0.05) is 30.9 Å². The van der Waals surface area contributed by atoms with Gasteiger partial charge in [-0.1, -0.05) is 0 Å². The molecule has 0 aliphatic carbocycles. The minimum atomic E-state index is -4.49. The Morgan fingerprint density at radius 2 is 1.81 bits per heavy atom. The van der Waals surface area contributed by atoms with Gasteiger partial charge in [0.25, 0.3) is 11.1 Å². The third kappa shape index (κ3) is 4.97. The summed E-state index contributed by atoms with van der Waals surface area (Å²) < 4.78 is 39.4. The Bertz CT molecular complexity index is 775. The first kappa shape index (κ1) is 21.6. The predicted molar refractivity (Wildman–Crippen MR) is 102 cm³/mol. The van der Waals surface area contributed by atoms with Crippen molar-refractivity contribution in [2.24, 2.45) is 0 Å². The molecule has 0 aromatic heterocycles. The van der Waals surface area contributed by atoms with Crippen LogP contribution in [0.5, 0.6) is 0 Å². The molecule has 2 heterocycles. The molecule has 1 aromatic rings. The van der Waals surface area contributed by atoms with Crippen molar-refractivity contribution in [2.75, 3.05) is 18.0 Å². The first-order chi connectivity index (χ1) is 12.1. The second-order valence-corrected chi connectivity index (χ2v) is 7.51. The Kier molecular flexibility index (Phi) is 6.49. The zero-order chi connectivity index (χ0) is 19.1. The number of nitrogens with one attached hydrogen (secondary N) is 2. The number of rotatable bonds is 2. The number of halogens is 4. The number of amides is 2. The molecule has 2 aliphatic rings. The van der Waals surface area contributed by atoms with E-state index in [1.54, 1.807) is 0 Å². The van der Waals surface area contributed by atoms with E-state index >= 15 is 0 Å². The third-order valence-electron chi connectivity index (χ3n) is 4.18. The predicted octanol–water partition coefficient (Wildman–Crippen LogP) is 3.64. The summed E-state index contributed by atoms with van der Waals surface area (Å²) in [6, 6.07) is 3.84. The van der Waals surface area contributed by atoms with Crippen LogP contribution < -0.4 is 15.5 Å². The Morgan fingerprint density at radius 3 is 2.33 bits per heavy atom. The van der Waals surface area contributed by atoms with Crippen LogP contribution in [0.15, 0.2) is 23.1 Å². The molecule has 2 amide bonds. The molecule has 2 atom stereocenters. The highest BCUT2D eigenvalue weighted by Gasteiger charge is 2.32. The van der Waals surface area contributed by atoms with Crippen molar-refractivity contribution >= 4 is 47.1 Å². The van der Waals surface area contributed by atoms with Gasteiger partial charge in [-0.05, 0) is 55.4 Å². The molecule has 1 aromatic carbocycles. The second-order valence-electron chi connectivity index (χ2n) is 6.50. The highest BCUT2D eigenvalue weighted by atomic mass is 35.5. The first-order valence-electron chi connectivity index (χ1n) is 8.10. The van der Waals surface area contributed by atoms with Crippen molar-refractivity contribution in [3.8, 4) is 0 Å². The number of anilines is 1. The molecule has 5 nitrogen and oxygen atoms in total. The average Bonchev–Trinajstić information content (AvgIpc) is 2.83. The van der Waals surface area contributed by atoms with E-state index in [2.05, 4.69) is 10.6 Å². The second kappa shape index (κ2) is 8.12. The number of carbonyl (C=O) groups is 2. The average molecular weight is 422 g/mol. The zero-order valence-corrected chi connectivity index (χ0v) is 16.2. The van der Waals surface area contributed by atoms with E-state index in [9.17, 15) is 22.8 Å². The molecule has 2 N–H and O–H groups in total. The van der Waals surface area contributed by atoms with Crippen LogP contribution in [0, 0.1) is 0 Å². The van der Waals surface area contributed by atoms with Gasteiger partial charge in [-0.2, -0.15) is 13.2 Å². The molecular weight excluding hydrogens is 403 g/mol. The lowest BCUT2D eigenvalue weighted by Gasteiger charge is -2.38. The molecule has 2 aliphatic heterocycles. The molecule has 2 fully saturated rings. The van der Waals surface area contributed by atoms with Crippen molar-refractivity contribution in [1.82, 2.24) is 10.6 Å². The van der Waals surface area contributed by atoms with Crippen molar-refractivity contribution in [1.29, 1.82) is 0 Å². The fraction of sp³-hybridized carbons (Fsp3) is 0.412. The Balaban J connectivity index is 0.00000261. The van der Waals surface area contributed by atoms with Crippen LogP contribution in [0.1, 0.15) is 25.0 Å². The van der Waals surface area contributed by atoms with Crippen molar-refractivity contribution < 1.29 is 22.8 Å². The van der Waals surface area contributed by atoms with E-state index in [1.807, 2.05) is 18.7 Å². The van der Waals surface area contributed by atoms with Gasteiger partial charge in [-0.15, -0.1) is 12.4 Å².